The van der Waals surface area contributed by atoms with Gasteiger partial charge in [0.2, 0.25) is 0 Å². The van der Waals surface area contributed by atoms with Gasteiger partial charge < -0.3 is 9.47 Å². The SMILES string of the molecule is COc1cc2c(Cl)c([14C]#N)cnc2cc1OCc1ccccc1. The first-order valence-corrected chi connectivity index (χ1v) is 7.34. The van der Waals surface area contributed by atoms with E-state index in [0.29, 0.717) is 39.6 Å². The smallest absolute Gasteiger partial charge is 0.163 e. The molecular weight excluding hydrogens is 314 g/mol. The first-order chi connectivity index (χ1) is 11.2. The second kappa shape index (κ2) is 6.55. The number of nitriles is 1. The van der Waals surface area contributed by atoms with Gasteiger partial charge in [-0.15, -0.1) is 0 Å². The van der Waals surface area contributed by atoms with Gasteiger partial charge in [-0.2, -0.15) is 5.26 Å². The van der Waals surface area contributed by atoms with Crippen LogP contribution in [-0.2, 0) is 6.61 Å². The molecule has 0 saturated carbocycles. The fraction of sp³-hybridized carbons (Fsp3) is 0.111. The van der Waals surface area contributed by atoms with Gasteiger partial charge in [-0.05, 0) is 11.6 Å². The Morgan fingerprint density at radius 1 is 1.17 bits per heavy atom. The lowest BCUT2D eigenvalue weighted by atomic mass is 10.2. The number of pyridine rings is 1. The fourth-order valence-electron chi connectivity index (χ4n) is 2.25. The van der Waals surface area contributed by atoms with Gasteiger partial charge in [0.1, 0.15) is 12.7 Å². The van der Waals surface area contributed by atoms with Crippen LogP contribution in [-0.4, -0.2) is 12.1 Å². The van der Waals surface area contributed by atoms with Gasteiger partial charge in [0.05, 0.1) is 23.2 Å². The van der Waals surface area contributed by atoms with Gasteiger partial charge in [0.25, 0.3) is 0 Å². The van der Waals surface area contributed by atoms with E-state index in [2.05, 4.69) is 4.98 Å². The maximum Gasteiger partial charge on any atom is 0.163 e. The van der Waals surface area contributed by atoms with Crippen LogP contribution in [0.1, 0.15) is 11.1 Å². The molecule has 0 aliphatic rings. The second-order valence-electron chi connectivity index (χ2n) is 4.89. The molecule has 0 aliphatic carbocycles. The summed E-state index contributed by atoms with van der Waals surface area (Å²) in [6.07, 6.45) is 1.46. The Morgan fingerprint density at radius 3 is 2.65 bits per heavy atom. The van der Waals surface area contributed by atoms with E-state index in [-0.39, 0.29) is 0 Å². The Balaban J connectivity index is 1.99. The Labute approximate surface area is 138 Å². The molecule has 0 saturated heterocycles. The molecule has 3 aromatic rings. The number of methoxy groups -OCH3 is 1. The van der Waals surface area contributed by atoms with Crippen molar-refractivity contribution in [3.05, 3.63) is 64.8 Å². The van der Waals surface area contributed by atoms with Crippen LogP contribution in [0.25, 0.3) is 10.9 Å². The molecule has 0 bridgehead atoms. The molecule has 3 rings (SSSR count). The molecule has 0 radical (unpaired) electrons. The summed E-state index contributed by atoms with van der Waals surface area (Å²) < 4.78 is 11.2. The van der Waals surface area contributed by atoms with Crippen molar-refractivity contribution in [2.75, 3.05) is 7.11 Å². The van der Waals surface area contributed by atoms with Crippen molar-refractivity contribution in [1.29, 1.82) is 5.26 Å². The molecule has 4 nitrogen and oxygen atoms in total. The number of benzene rings is 2. The zero-order chi connectivity index (χ0) is 16.2. The fourth-order valence-corrected chi connectivity index (χ4v) is 2.50. The van der Waals surface area contributed by atoms with Gasteiger partial charge in [-0.3, -0.25) is 4.98 Å². The van der Waals surface area contributed by atoms with E-state index < -0.39 is 0 Å². The average Bonchev–Trinajstić information content (AvgIpc) is 2.60. The molecular formula is C18H13ClN2O2. The third-order valence-electron chi connectivity index (χ3n) is 3.45. The van der Waals surface area contributed by atoms with Gasteiger partial charge in [-0.25, -0.2) is 0 Å². The lowest BCUT2D eigenvalue weighted by Gasteiger charge is -2.12. The van der Waals surface area contributed by atoms with E-state index in [1.807, 2.05) is 36.4 Å². The molecule has 0 aliphatic heterocycles. The van der Waals surface area contributed by atoms with Crippen LogP contribution >= 0.6 is 11.6 Å². The van der Waals surface area contributed by atoms with Gasteiger partial charge in [0, 0.05) is 17.6 Å². The monoisotopic (exact) mass is 326 g/mol. The maximum atomic E-state index is 9.04. The van der Waals surface area contributed by atoms with Crippen molar-refractivity contribution in [3.8, 4) is 17.6 Å². The van der Waals surface area contributed by atoms with E-state index in [0.717, 1.165) is 5.56 Å². The van der Waals surface area contributed by atoms with Crippen LogP contribution in [0.4, 0.5) is 0 Å². The van der Waals surface area contributed by atoms with E-state index in [1.54, 1.807) is 19.2 Å². The molecule has 0 unspecified atom stereocenters. The highest BCUT2D eigenvalue weighted by molar-refractivity contribution is 6.36. The summed E-state index contributed by atoms with van der Waals surface area (Å²) in [4.78, 5) is 4.26. The standard InChI is InChI=1S/C18H13ClN2O2/c1-22-16-7-14-15(21-10-13(9-20)18(14)19)8-17(16)23-11-12-5-3-2-4-6-12/h2-8,10H,11H2,1H3/i9+2. The minimum atomic E-state index is 0.333. The number of nitrogens with zero attached hydrogens (tertiary/aromatic N) is 2. The van der Waals surface area contributed by atoms with E-state index in [9.17, 15) is 0 Å². The van der Waals surface area contributed by atoms with Crippen LogP contribution in [0.2, 0.25) is 5.02 Å². The van der Waals surface area contributed by atoms with Gasteiger partial charge in [0.15, 0.2) is 11.5 Å². The molecule has 0 amide bonds. The molecule has 0 atom stereocenters. The summed E-state index contributed by atoms with van der Waals surface area (Å²) in [5.74, 6) is 1.13. The van der Waals surface area contributed by atoms with Crippen molar-refractivity contribution >= 4 is 22.5 Å². The average molecular weight is 327 g/mol. The number of halogens is 1. The zero-order valence-corrected chi connectivity index (χ0v) is 13.2. The minimum absolute atomic E-state index is 0.333. The summed E-state index contributed by atoms with van der Waals surface area (Å²) >= 11 is 6.24. The molecule has 1 aromatic heterocycles. The maximum absolute atomic E-state index is 9.04. The third kappa shape index (κ3) is 3.05. The third-order valence-corrected chi connectivity index (χ3v) is 3.85. The molecule has 5 heteroatoms. The van der Waals surface area contributed by atoms with Crippen molar-refractivity contribution in [3.63, 3.8) is 0 Å². The topological polar surface area (TPSA) is 55.1 Å². The highest BCUT2D eigenvalue weighted by atomic mass is 35.5. The number of hydrogen-bond acceptors (Lipinski definition) is 4. The largest absolute Gasteiger partial charge is 0.493 e. The van der Waals surface area contributed by atoms with Crippen molar-refractivity contribution < 1.29 is 9.47 Å². The van der Waals surface area contributed by atoms with Crippen LogP contribution in [0.5, 0.6) is 11.5 Å². The molecule has 2 aromatic carbocycles. The summed E-state index contributed by atoms with van der Waals surface area (Å²) in [5, 5.41) is 10.1. The highest BCUT2D eigenvalue weighted by Crippen LogP contribution is 2.36. The Morgan fingerprint density at radius 2 is 1.96 bits per heavy atom. The predicted octanol–water partition coefficient (Wildman–Crippen LogP) is 4.35. The summed E-state index contributed by atoms with van der Waals surface area (Å²) in [6.45, 7) is 0.423. The first kappa shape index (κ1) is 15.1. The van der Waals surface area contributed by atoms with Crippen LogP contribution < -0.4 is 9.47 Å². The first-order valence-electron chi connectivity index (χ1n) is 6.96. The molecule has 0 spiro atoms. The minimum Gasteiger partial charge on any atom is -0.493 e. The molecule has 1 heterocycles. The zero-order valence-electron chi connectivity index (χ0n) is 12.4. The van der Waals surface area contributed by atoms with E-state index >= 15 is 0 Å². The lowest BCUT2D eigenvalue weighted by molar-refractivity contribution is 0.285. The highest BCUT2D eigenvalue weighted by Gasteiger charge is 2.13. The van der Waals surface area contributed by atoms with Gasteiger partial charge in [-0.1, -0.05) is 41.9 Å². The molecule has 0 fully saturated rings. The number of ether oxygens (including phenoxy) is 2. The van der Waals surface area contributed by atoms with Crippen molar-refractivity contribution in [2.45, 2.75) is 6.61 Å². The van der Waals surface area contributed by atoms with Gasteiger partial charge >= 0.3 is 0 Å². The van der Waals surface area contributed by atoms with Crippen LogP contribution in [0, 0.1) is 11.3 Å². The molecule has 114 valence electrons. The van der Waals surface area contributed by atoms with Crippen LogP contribution in [0.3, 0.4) is 0 Å². The Kier molecular flexibility index (Phi) is 4.31. The van der Waals surface area contributed by atoms with Crippen molar-refractivity contribution in [1.82, 2.24) is 4.98 Å². The lowest BCUT2D eigenvalue weighted by Crippen LogP contribution is -1.98. The number of aromatic nitrogens is 1. The molecule has 23 heavy (non-hydrogen) atoms. The predicted molar refractivity (Wildman–Crippen MR) is 88.8 cm³/mol. The Hall–Kier alpha value is -2.77. The van der Waals surface area contributed by atoms with Crippen LogP contribution in [0.15, 0.2) is 48.7 Å². The normalized spacial score (nSPS) is 10.3. The van der Waals surface area contributed by atoms with E-state index in [1.165, 1.54) is 6.20 Å². The number of fused-ring (bicyclic) bond motifs is 1. The summed E-state index contributed by atoms with van der Waals surface area (Å²) in [7, 11) is 1.56. The van der Waals surface area contributed by atoms with Crippen molar-refractivity contribution in [2.24, 2.45) is 0 Å². The molecule has 0 N–H and O–H groups in total. The quantitative estimate of drug-likeness (QED) is 0.715. The second-order valence-corrected chi connectivity index (χ2v) is 5.27. The summed E-state index contributed by atoms with van der Waals surface area (Å²) in [6, 6.07) is 15.4. The van der Waals surface area contributed by atoms with E-state index in [4.69, 9.17) is 26.3 Å². The Bertz CT molecular complexity index is 889. The number of hydrogen-bond donors (Lipinski definition) is 0. The summed E-state index contributed by atoms with van der Waals surface area (Å²) in [5.41, 5.74) is 2.04. The number of rotatable bonds is 4.